The van der Waals surface area contributed by atoms with Crippen LogP contribution in [0.15, 0.2) is 67.1 Å². The summed E-state index contributed by atoms with van der Waals surface area (Å²) in [5.41, 5.74) is 4.75. The Balaban J connectivity index is 1.89. The number of rotatable bonds is 2. The Labute approximate surface area is 156 Å². The summed E-state index contributed by atoms with van der Waals surface area (Å²) in [6.45, 7) is 0. The summed E-state index contributed by atoms with van der Waals surface area (Å²) in [6, 6.07) is 18.6. The first-order chi connectivity index (χ1) is 12.3. The van der Waals surface area contributed by atoms with Crippen LogP contribution in [0.2, 0.25) is 0 Å². The molecule has 0 radical (unpaired) electrons. The van der Waals surface area contributed by atoms with E-state index in [-0.39, 0.29) is 0 Å². The van der Waals surface area contributed by atoms with E-state index in [1.807, 2.05) is 18.2 Å². The molecule has 0 saturated heterocycles. The van der Waals surface area contributed by atoms with E-state index >= 15 is 0 Å². The molecule has 5 aromatic rings. The van der Waals surface area contributed by atoms with Crippen LogP contribution in [0.4, 0.5) is 0 Å². The molecule has 0 saturated carbocycles. The first-order valence-corrected chi connectivity index (χ1v) is 8.78. The van der Waals surface area contributed by atoms with Crippen LogP contribution in [0.1, 0.15) is 0 Å². The quantitative estimate of drug-likeness (QED) is 0.394. The topological polar surface area (TPSA) is 60.9 Å². The van der Waals surface area contributed by atoms with Gasteiger partial charge in [-0.15, -0.1) is 5.10 Å². The van der Waals surface area contributed by atoms with Crippen LogP contribution < -0.4 is 0 Å². The lowest BCUT2D eigenvalue weighted by atomic mass is 10.1. The number of benzene rings is 2. The molecule has 0 fully saturated rings. The lowest BCUT2D eigenvalue weighted by Gasteiger charge is -2.04. The highest BCUT2D eigenvalue weighted by Crippen LogP contribution is 2.33. The van der Waals surface area contributed by atoms with Gasteiger partial charge in [0, 0.05) is 21.0 Å². The van der Waals surface area contributed by atoms with Gasteiger partial charge in [0.05, 0.1) is 5.39 Å². The van der Waals surface area contributed by atoms with Gasteiger partial charge in [-0.1, -0.05) is 30.3 Å². The molecule has 7 heteroatoms. The van der Waals surface area contributed by atoms with Gasteiger partial charge >= 0.3 is 0 Å². The van der Waals surface area contributed by atoms with Crippen molar-refractivity contribution in [3.8, 4) is 16.8 Å². The Kier molecular flexibility index (Phi) is 3.27. The number of hydrogen-bond donors (Lipinski definition) is 0. The zero-order valence-corrected chi connectivity index (χ0v) is 15.1. The molecular weight excluding hydrogens is 427 g/mol. The molecule has 0 aliphatic rings. The standard InChI is InChI=1S/C18H11IN6/c19-13-6-8-14(9-7-13)24-10-15(12-4-2-1-3-5-12)16-17(24)20-11-25-18(16)21-22-23-25/h1-11H. The summed E-state index contributed by atoms with van der Waals surface area (Å²) < 4.78 is 4.88. The molecule has 2 aromatic carbocycles. The van der Waals surface area contributed by atoms with E-state index in [9.17, 15) is 0 Å². The summed E-state index contributed by atoms with van der Waals surface area (Å²) in [4.78, 5) is 4.61. The van der Waals surface area contributed by atoms with Crippen LogP contribution in [0.3, 0.4) is 0 Å². The van der Waals surface area contributed by atoms with Gasteiger partial charge in [0.1, 0.15) is 6.33 Å². The molecule has 3 heterocycles. The van der Waals surface area contributed by atoms with Gasteiger partial charge in [-0.05, 0) is 62.8 Å². The van der Waals surface area contributed by atoms with Crippen molar-refractivity contribution in [2.24, 2.45) is 0 Å². The lowest BCUT2D eigenvalue weighted by Crippen LogP contribution is -1.96. The van der Waals surface area contributed by atoms with Crippen LogP contribution in [-0.2, 0) is 0 Å². The van der Waals surface area contributed by atoms with E-state index in [0.717, 1.165) is 27.8 Å². The van der Waals surface area contributed by atoms with Crippen molar-refractivity contribution < 1.29 is 0 Å². The molecule has 25 heavy (non-hydrogen) atoms. The van der Waals surface area contributed by atoms with Crippen LogP contribution in [0, 0.1) is 3.57 Å². The monoisotopic (exact) mass is 438 g/mol. The number of tetrazole rings is 1. The predicted octanol–water partition coefficient (Wildman–Crippen LogP) is 3.73. The maximum atomic E-state index is 4.61. The molecule has 120 valence electrons. The fourth-order valence-electron chi connectivity index (χ4n) is 3.02. The molecule has 0 aliphatic heterocycles. The van der Waals surface area contributed by atoms with Crippen molar-refractivity contribution in [3.05, 3.63) is 70.7 Å². The minimum atomic E-state index is 0.702. The highest BCUT2D eigenvalue weighted by atomic mass is 127. The SMILES string of the molecule is Ic1ccc(-n2cc(-c3ccccc3)c3c2ncn2nnnc32)cc1. The summed E-state index contributed by atoms with van der Waals surface area (Å²) in [5, 5.41) is 12.9. The molecule has 0 spiro atoms. The Morgan fingerprint density at radius 1 is 0.880 bits per heavy atom. The minimum Gasteiger partial charge on any atom is -0.301 e. The zero-order chi connectivity index (χ0) is 16.8. The van der Waals surface area contributed by atoms with Gasteiger partial charge in [0.15, 0.2) is 11.3 Å². The summed E-state index contributed by atoms with van der Waals surface area (Å²) in [5.74, 6) is 0. The first kappa shape index (κ1) is 14.5. The Morgan fingerprint density at radius 3 is 2.48 bits per heavy atom. The smallest absolute Gasteiger partial charge is 0.192 e. The molecule has 6 nitrogen and oxygen atoms in total. The molecule has 0 atom stereocenters. The van der Waals surface area contributed by atoms with Crippen LogP contribution in [-0.4, -0.2) is 29.6 Å². The largest absolute Gasteiger partial charge is 0.301 e. The normalized spacial score (nSPS) is 11.4. The van der Waals surface area contributed by atoms with Crippen LogP contribution >= 0.6 is 22.6 Å². The highest BCUT2D eigenvalue weighted by molar-refractivity contribution is 14.1. The number of nitrogens with zero attached hydrogens (tertiary/aromatic N) is 6. The van der Waals surface area contributed by atoms with Crippen molar-refractivity contribution in [1.82, 2.24) is 29.6 Å². The van der Waals surface area contributed by atoms with Gasteiger partial charge in [-0.3, -0.25) is 0 Å². The third kappa shape index (κ3) is 2.30. The van der Waals surface area contributed by atoms with E-state index in [2.05, 4.69) is 90.3 Å². The lowest BCUT2D eigenvalue weighted by molar-refractivity contribution is 0.811. The van der Waals surface area contributed by atoms with Crippen LogP contribution in [0.25, 0.3) is 33.5 Å². The maximum Gasteiger partial charge on any atom is 0.192 e. The summed E-state index contributed by atoms with van der Waals surface area (Å²) in [7, 11) is 0. The number of halogens is 1. The number of hydrogen-bond acceptors (Lipinski definition) is 4. The van der Waals surface area contributed by atoms with Gasteiger partial charge in [-0.2, -0.15) is 4.52 Å². The highest BCUT2D eigenvalue weighted by Gasteiger charge is 2.17. The summed E-state index contributed by atoms with van der Waals surface area (Å²) >= 11 is 2.30. The number of fused-ring (bicyclic) bond motifs is 3. The fraction of sp³-hybridized carbons (Fsp3) is 0. The van der Waals surface area contributed by atoms with Crippen molar-refractivity contribution in [2.75, 3.05) is 0 Å². The third-order valence-electron chi connectivity index (χ3n) is 4.17. The molecule has 3 aromatic heterocycles. The van der Waals surface area contributed by atoms with Crippen LogP contribution in [0.5, 0.6) is 0 Å². The molecule has 0 unspecified atom stereocenters. The van der Waals surface area contributed by atoms with Gasteiger partial charge in [0.2, 0.25) is 0 Å². The average Bonchev–Trinajstić information content (AvgIpc) is 3.27. The first-order valence-electron chi connectivity index (χ1n) is 7.70. The zero-order valence-electron chi connectivity index (χ0n) is 12.9. The second kappa shape index (κ2) is 5.62. The van der Waals surface area contributed by atoms with Gasteiger partial charge in [0.25, 0.3) is 0 Å². The fourth-order valence-corrected chi connectivity index (χ4v) is 3.38. The molecule has 0 N–H and O–H groups in total. The summed E-state index contributed by atoms with van der Waals surface area (Å²) in [6.07, 6.45) is 3.75. The second-order valence-electron chi connectivity index (χ2n) is 5.65. The van der Waals surface area contributed by atoms with Crippen molar-refractivity contribution >= 4 is 39.3 Å². The van der Waals surface area contributed by atoms with Crippen molar-refractivity contribution in [3.63, 3.8) is 0 Å². The Hall–Kier alpha value is -2.81. The Bertz CT molecular complexity index is 1190. The molecule has 0 amide bonds. The number of aromatic nitrogens is 6. The average molecular weight is 438 g/mol. The minimum absolute atomic E-state index is 0.702. The maximum absolute atomic E-state index is 4.61. The van der Waals surface area contributed by atoms with Gasteiger partial charge < -0.3 is 4.57 Å². The molecule has 5 rings (SSSR count). The van der Waals surface area contributed by atoms with E-state index in [1.165, 1.54) is 3.57 Å². The van der Waals surface area contributed by atoms with E-state index < -0.39 is 0 Å². The predicted molar refractivity (Wildman–Crippen MR) is 104 cm³/mol. The second-order valence-corrected chi connectivity index (χ2v) is 6.89. The van der Waals surface area contributed by atoms with E-state index in [1.54, 1.807) is 10.8 Å². The third-order valence-corrected chi connectivity index (χ3v) is 4.89. The van der Waals surface area contributed by atoms with Gasteiger partial charge in [-0.25, -0.2) is 4.98 Å². The molecular formula is C18H11IN6. The van der Waals surface area contributed by atoms with Crippen molar-refractivity contribution in [2.45, 2.75) is 0 Å². The van der Waals surface area contributed by atoms with Crippen molar-refractivity contribution in [1.29, 1.82) is 0 Å². The van der Waals surface area contributed by atoms with E-state index in [0.29, 0.717) is 5.65 Å². The molecule has 0 aliphatic carbocycles. The molecule has 0 bridgehead atoms. The Morgan fingerprint density at radius 2 is 1.68 bits per heavy atom. The van der Waals surface area contributed by atoms with E-state index in [4.69, 9.17) is 0 Å².